The monoisotopic (exact) mass is 228 g/mol. The second-order valence-electron chi connectivity index (χ2n) is 5.37. The van der Waals surface area contributed by atoms with E-state index in [1.165, 1.54) is 25.8 Å². The van der Waals surface area contributed by atoms with Gasteiger partial charge in [-0.3, -0.25) is 0 Å². The molecule has 96 valence electrons. The zero-order chi connectivity index (χ0) is 12.0. The van der Waals surface area contributed by atoms with Gasteiger partial charge in [0.2, 0.25) is 0 Å². The second kappa shape index (κ2) is 7.25. The smallest absolute Gasteiger partial charge is 0.0791 e. The van der Waals surface area contributed by atoms with Crippen LogP contribution < -0.4 is 5.32 Å². The lowest BCUT2D eigenvalue weighted by atomic mass is 9.85. The summed E-state index contributed by atoms with van der Waals surface area (Å²) in [7, 11) is 0. The van der Waals surface area contributed by atoms with E-state index < -0.39 is 0 Å². The molecule has 0 aliphatic heterocycles. The average Bonchev–Trinajstić information content (AvgIpc) is 2.18. The summed E-state index contributed by atoms with van der Waals surface area (Å²) in [5, 5.41) is 13.2. The van der Waals surface area contributed by atoms with Crippen LogP contribution in [0.15, 0.2) is 0 Å². The number of aliphatic hydroxyl groups excluding tert-OH is 1. The summed E-state index contributed by atoms with van der Waals surface area (Å²) in [4.78, 5) is 2.39. The van der Waals surface area contributed by atoms with E-state index >= 15 is 0 Å². The van der Waals surface area contributed by atoms with Crippen LogP contribution in [0.4, 0.5) is 0 Å². The van der Waals surface area contributed by atoms with E-state index in [1.54, 1.807) is 0 Å². The number of likely N-dealkylation sites (N-methyl/N-ethyl adjacent to an activating group) is 1. The van der Waals surface area contributed by atoms with Crippen molar-refractivity contribution < 1.29 is 5.11 Å². The molecule has 1 atom stereocenters. The van der Waals surface area contributed by atoms with Gasteiger partial charge in [-0.05, 0) is 25.3 Å². The van der Waals surface area contributed by atoms with Crippen LogP contribution in [-0.2, 0) is 0 Å². The number of rotatable bonds is 8. The molecular formula is C13H28N2O. The highest BCUT2D eigenvalue weighted by Crippen LogP contribution is 2.26. The van der Waals surface area contributed by atoms with E-state index in [1.807, 2.05) is 0 Å². The fourth-order valence-corrected chi connectivity index (χ4v) is 2.11. The SMILES string of the molecule is CCN(CC(O)CNC(C)C)CC1CCC1. The van der Waals surface area contributed by atoms with Crippen molar-refractivity contribution in [1.29, 1.82) is 0 Å². The van der Waals surface area contributed by atoms with Crippen molar-refractivity contribution in [2.24, 2.45) is 5.92 Å². The molecule has 0 heterocycles. The van der Waals surface area contributed by atoms with Crippen LogP contribution in [0.25, 0.3) is 0 Å². The zero-order valence-corrected chi connectivity index (χ0v) is 11.1. The van der Waals surface area contributed by atoms with Crippen molar-refractivity contribution in [2.45, 2.75) is 52.2 Å². The molecule has 0 aromatic heterocycles. The largest absolute Gasteiger partial charge is 0.390 e. The third-order valence-electron chi connectivity index (χ3n) is 3.42. The van der Waals surface area contributed by atoms with Crippen molar-refractivity contribution in [3.63, 3.8) is 0 Å². The fourth-order valence-electron chi connectivity index (χ4n) is 2.11. The van der Waals surface area contributed by atoms with Gasteiger partial charge in [0.05, 0.1) is 6.10 Å². The maximum atomic E-state index is 9.90. The molecule has 3 nitrogen and oxygen atoms in total. The Morgan fingerprint density at radius 3 is 2.50 bits per heavy atom. The van der Waals surface area contributed by atoms with Crippen molar-refractivity contribution in [3.05, 3.63) is 0 Å². The van der Waals surface area contributed by atoms with Crippen LogP contribution in [0, 0.1) is 5.92 Å². The summed E-state index contributed by atoms with van der Waals surface area (Å²) in [6.45, 7) is 10.1. The molecular weight excluding hydrogens is 200 g/mol. The lowest BCUT2D eigenvalue weighted by Crippen LogP contribution is -2.42. The molecule has 1 unspecified atom stereocenters. The number of aliphatic hydroxyl groups is 1. The van der Waals surface area contributed by atoms with Gasteiger partial charge in [0, 0.05) is 25.7 Å². The summed E-state index contributed by atoms with van der Waals surface area (Å²) in [6, 6.07) is 0.455. The summed E-state index contributed by atoms with van der Waals surface area (Å²) < 4.78 is 0. The Bertz CT molecular complexity index is 181. The Hall–Kier alpha value is -0.120. The minimum atomic E-state index is -0.234. The quantitative estimate of drug-likeness (QED) is 0.660. The summed E-state index contributed by atoms with van der Waals surface area (Å²) >= 11 is 0. The number of hydrogen-bond donors (Lipinski definition) is 2. The molecule has 0 spiro atoms. The molecule has 1 saturated carbocycles. The first-order chi connectivity index (χ1) is 7.61. The topological polar surface area (TPSA) is 35.5 Å². The molecule has 0 aromatic carbocycles. The Labute approximate surface area is 100 Å². The Morgan fingerprint density at radius 1 is 1.38 bits per heavy atom. The van der Waals surface area contributed by atoms with Crippen molar-refractivity contribution in [1.82, 2.24) is 10.2 Å². The molecule has 0 aromatic rings. The summed E-state index contributed by atoms with van der Waals surface area (Å²) in [5.41, 5.74) is 0. The highest BCUT2D eigenvalue weighted by molar-refractivity contribution is 4.75. The maximum Gasteiger partial charge on any atom is 0.0791 e. The number of hydrogen-bond acceptors (Lipinski definition) is 3. The zero-order valence-electron chi connectivity index (χ0n) is 11.1. The average molecular weight is 228 g/mol. The van der Waals surface area contributed by atoms with Crippen LogP contribution in [0.2, 0.25) is 0 Å². The van der Waals surface area contributed by atoms with Gasteiger partial charge in [-0.2, -0.15) is 0 Å². The molecule has 0 bridgehead atoms. The molecule has 16 heavy (non-hydrogen) atoms. The predicted octanol–water partition coefficient (Wildman–Crippen LogP) is 1.47. The first-order valence-corrected chi connectivity index (χ1v) is 6.75. The van der Waals surface area contributed by atoms with Crippen LogP contribution in [0.1, 0.15) is 40.0 Å². The van der Waals surface area contributed by atoms with Crippen molar-refractivity contribution in [3.8, 4) is 0 Å². The molecule has 1 rings (SSSR count). The first kappa shape index (κ1) is 13.9. The molecule has 1 aliphatic rings. The fraction of sp³-hybridized carbons (Fsp3) is 1.00. The van der Waals surface area contributed by atoms with Crippen molar-refractivity contribution in [2.75, 3.05) is 26.2 Å². The third kappa shape index (κ3) is 5.28. The van der Waals surface area contributed by atoms with E-state index in [4.69, 9.17) is 0 Å². The molecule has 0 radical (unpaired) electrons. The molecule has 2 N–H and O–H groups in total. The first-order valence-electron chi connectivity index (χ1n) is 6.75. The van der Waals surface area contributed by atoms with Crippen molar-refractivity contribution >= 4 is 0 Å². The molecule has 0 amide bonds. The highest BCUT2D eigenvalue weighted by atomic mass is 16.3. The Kier molecular flexibility index (Phi) is 6.32. The maximum absolute atomic E-state index is 9.90. The number of nitrogens with zero attached hydrogens (tertiary/aromatic N) is 1. The summed E-state index contributed by atoms with van der Waals surface area (Å²) in [5.74, 6) is 0.894. The van der Waals surface area contributed by atoms with E-state index in [0.29, 0.717) is 12.6 Å². The molecule has 3 heteroatoms. The van der Waals surface area contributed by atoms with Gasteiger partial charge >= 0.3 is 0 Å². The van der Waals surface area contributed by atoms with E-state index in [9.17, 15) is 5.11 Å². The Morgan fingerprint density at radius 2 is 2.06 bits per heavy atom. The normalized spacial score (nSPS) is 19.1. The van der Waals surface area contributed by atoms with Gasteiger partial charge in [0.15, 0.2) is 0 Å². The van der Waals surface area contributed by atoms with Gasteiger partial charge in [-0.25, -0.2) is 0 Å². The second-order valence-corrected chi connectivity index (χ2v) is 5.37. The lowest BCUT2D eigenvalue weighted by molar-refractivity contribution is 0.0920. The molecule has 0 saturated heterocycles. The third-order valence-corrected chi connectivity index (χ3v) is 3.42. The van der Waals surface area contributed by atoms with Gasteiger partial charge in [-0.1, -0.05) is 27.2 Å². The highest BCUT2D eigenvalue weighted by Gasteiger charge is 2.21. The minimum absolute atomic E-state index is 0.234. The van der Waals surface area contributed by atoms with Gasteiger partial charge in [0.1, 0.15) is 0 Å². The van der Waals surface area contributed by atoms with Crippen LogP contribution in [0.5, 0.6) is 0 Å². The van der Waals surface area contributed by atoms with Crippen LogP contribution >= 0.6 is 0 Å². The number of nitrogens with one attached hydrogen (secondary N) is 1. The minimum Gasteiger partial charge on any atom is -0.390 e. The van der Waals surface area contributed by atoms with E-state index in [-0.39, 0.29) is 6.10 Å². The molecule has 1 fully saturated rings. The predicted molar refractivity (Wildman–Crippen MR) is 68.6 cm³/mol. The standard InChI is InChI=1S/C13H28N2O/c1-4-15(9-12-6-5-7-12)10-13(16)8-14-11(2)3/h11-14,16H,4-10H2,1-3H3. The van der Waals surface area contributed by atoms with E-state index in [2.05, 4.69) is 31.0 Å². The van der Waals surface area contributed by atoms with Gasteiger partial charge < -0.3 is 15.3 Å². The lowest BCUT2D eigenvalue weighted by Gasteiger charge is -2.32. The van der Waals surface area contributed by atoms with Gasteiger partial charge in [-0.15, -0.1) is 0 Å². The van der Waals surface area contributed by atoms with E-state index in [0.717, 1.165) is 19.0 Å². The molecule has 1 aliphatic carbocycles. The van der Waals surface area contributed by atoms with Crippen LogP contribution in [-0.4, -0.2) is 48.3 Å². The van der Waals surface area contributed by atoms with Crippen LogP contribution in [0.3, 0.4) is 0 Å². The van der Waals surface area contributed by atoms with Gasteiger partial charge in [0.25, 0.3) is 0 Å². The summed E-state index contributed by atoms with van der Waals surface area (Å²) in [6.07, 6.45) is 3.94. The Balaban J connectivity index is 2.14.